The van der Waals surface area contributed by atoms with Gasteiger partial charge in [-0.3, -0.25) is 0 Å². The van der Waals surface area contributed by atoms with Crippen LogP contribution in [-0.2, 0) is 11.8 Å². The van der Waals surface area contributed by atoms with E-state index < -0.39 is 0 Å². The number of halogens is 2. The van der Waals surface area contributed by atoms with E-state index in [1.807, 2.05) is 0 Å². The average Bonchev–Trinajstić information content (AvgIpc) is 2.50. The fourth-order valence-corrected chi connectivity index (χ4v) is 5.91. The van der Waals surface area contributed by atoms with Gasteiger partial charge in [0.1, 0.15) is 5.75 Å². The molecular formula is C18H25Br2NO. The lowest BCUT2D eigenvalue weighted by Gasteiger charge is -2.58. The number of ether oxygens (including phenoxy) is 1. The van der Waals surface area contributed by atoms with E-state index in [1.165, 1.54) is 45.1 Å². The van der Waals surface area contributed by atoms with Crippen molar-refractivity contribution >= 4 is 32.9 Å². The quantitative estimate of drug-likeness (QED) is 0.638. The van der Waals surface area contributed by atoms with Gasteiger partial charge in [0.15, 0.2) is 0 Å². The summed E-state index contributed by atoms with van der Waals surface area (Å²) >= 11 is 3.68. The summed E-state index contributed by atoms with van der Waals surface area (Å²) < 4.78 is 6.70. The van der Waals surface area contributed by atoms with Gasteiger partial charge in [-0.15, -0.1) is 17.0 Å². The highest BCUT2D eigenvalue weighted by atomic mass is 79.9. The Labute approximate surface area is 152 Å². The van der Waals surface area contributed by atoms with Crippen LogP contribution in [0.5, 0.6) is 5.75 Å². The number of rotatable bonds is 1. The van der Waals surface area contributed by atoms with E-state index in [0.29, 0.717) is 5.41 Å². The van der Waals surface area contributed by atoms with Gasteiger partial charge in [0.2, 0.25) is 0 Å². The van der Waals surface area contributed by atoms with E-state index >= 15 is 0 Å². The molecule has 0 aromatic heterocycles. The van der Waals surface area contributed by atoms with Crippen molar-refractivity contribution in [2.45, 2.75) is 50.0 Å². The van der Waals surface area contributed by atoms with E-state index in [-0.39, 0.29) is 17.0 Å². The number of hydrogen-bond acceptors (Lipinski definition) is 2. The third-order valence-electron chi connectivity index (χ3n) is 6.38. The summed E-state index contributed by atoms with van der Waals surface area (Å²) in [7, 11) is 4.11. The number of nitrogens with zero attached hydrogens (tertiary/aromatic N) is 1. The van der Waals surface area contributed by atoms with Gasteiger partial charge in [-0.2, -0.15) is 0 Å². The van der Waals surface area contributed by atoms with Gasteiger partial charge >= 0.3 is 0 Å². The van der Waals surface area contributed by atoms with Gasteiger partial charge in [0, 0.05) is 11.5 Å². The summed E-state index contributed by atoms with van der Waals surface area (Å²) in [5.74, 6) is 1.85. The lowest BCUT2D eigenvalue weighted by molar-refractivity contribution is 0.00271. The summed E-state index contributed by atoms with van der Waals surface area (Å²) in [6.07, 6.45) is 8.13. The van der Waals surface area contributed by atoms with Crippen LogP contribution in [0.25, 0.3) is 0 Å². The van der Waals surface area contributed by atoms with Crippen LogP contribution in [0.4, 0.5) is 0 Å². The van der Waals surface area contributed by atoms with Gasteiger partial charge in [-0.25, -0.2) is 0 Å². The first-order chi connectivity index (χ1) is 10.2. The predicted octanol–water partition coefficient (Wildman–Crippen LogP) is 4.72. The lowest BCUT2D eigenvalue weighted by Crippen LogP contribution is -2.59. The summed E-state index contributed by atoms with van der Waals surface area (Å²) in [5, 5.41) is 0. The second-order valence-electron chi connectivity index (χ2n) is 7.15. The molecule has 1 saturated heterocycles. The molecule has 1 saturated carbocycles. The largest absolute Gasteiger partial charge is 0.496 e. The van der Waals surface area contributed by atoms with Crippen molar-refractivity contribution < 1.29 is 4.74 Å². The molecule has 22 heavy (non-hydrogen) atoms. The zero-order valence-corrected chi connectivity index (χ0v) is 16.7. The van der Waals surface area contributed by atoms with Crippen molar-refractivity contribution in [2.75, 3.05) is 20.7 Å². The Morgan fingerprint density at radius 2 is 2.09 bits per heavy atom. The third kappa shape index (κ3) is 2.29. The second kappa shape index (κ2) is 6.10. The average molecular weight is 431 g/mol. The third-order valence-corrected chi connectivity index (χ3v) is 7.00. The highest BCUT2D eigenvalue weighted by Crippen LogP contribution is 2.56. The Balaban J connectivity index is 0.00000144. The molecule has 122 valence electrons. The standard InChI is InChI=1S/C18H24BrNO.BrH/c1-20-8-7-18-6-4-3-5-13(18)16(20)10-12-9-15(19)17(21-2)11-14(12)18;/h9,11,13,16H,3-8,10H2,1-2H3;1H/t13-,16-,18-;/m1./s1. The number of likely N-dealkylation sites (N-methyl/N-ethyl adjacent to an activating group) is 1. The lowest BCUT2D eigenvalue weighted by atomic mass is 9.52. The van der Waals surface area contributed by atoms with E-state index in [2.05, 4.69) is 40.0 Å². The zero-order chi connectivity index (χ0) is 14.6. The number of hydrogen-bond donors (Lipinski definition) is 0. The molecule has 0 N–H and O–H groups in total. The van der Waals surface area contributed by atoms with E-state index in [0.717, 1.165) is 22.2 Å². The molecule has 0 spiro atoms. The van der Waals surface area contributed by atoms with Crippen LogP contribution in [0, 0.1) is 5.92 Å². The van der Waals surface area contributed by atoms with Crippen LogP contribution in [0.3, 0.4) is 0 Å². The molecule has 1 heterocycles. The van der Waals surface area contributed by atoms with Crippen molar-refractivity contribution in [3.8, 4) is 5.75 Å². The SMILES string of the molecule is Br.COc1cc2c(cc1Br)C[C@@H]1[C@H]3CCCC[C@]23CCN1C. The first-order valence-electron chi connectivity index (χ1n) is 8.23. The van der Waals surface area contributed by atoms with Crippen LogP contribution in [0.1, 0.15) is 43.2 Å². The van der Waals surface area contributed by atoms with Gasteiger partial charge < -0.3 is 9.64 Å². The summed E-state index contributed by atoms with van der Waals surface area (Å²) in [6, 6.07) is 5.42. The van der Waals surface area contributed by atoms with Crippen molar-refractivity contribution in [1.29, 1.82) is 0 Å². The van der Waals surface area contributed by atoms with Crippen LogP contribution < -0.4 is 4.74 Å². The maximum Gasteiger partial charge on any atom is 0.133 e. The molecular weight excluding hydrogens is 406 g/mol. The molecule has 2 fully saturated rings. The molecule has 0 amide bonds. The minimum Gasteiger partial charge on any atom is -0.496 e. The van der Waals surface area contributed by atoms with Crippen LogP contribution in [0.2, 0.25) is 0 Å². The molecule has 2 bridgehead atoms. The van der Waals surface area contributed by atoms with Crippen molar-refractivity contribution in [3.05, 3.63) is 27.7 Å². The molecule has 0 unspecified atom stereocenters. The molecule has 0 radical (unpaired) electrons. The Bertz CT molecular complexity index is 576. The van der Waals surface area contributed by atoms with Gasteiger partial charge in [-0.1, -0.05) is 12.8 Å². The number of likely N-dealkylation sites (tertiary alicyclic amines) is 1. The molecule has 2 nitrogen and oxygen atoms in total. The normalized spacial score (nSPS) is 33.4. The number of piperidine rings is 1. The van der Waals surface area contributed by atoms with E-state index in [9.17, 15) is 0 Å². The monoisotopic (exact) mass is 429 g/mol. The van der Waals surface area contributed by atoms with Crippen molar-refractivity contribution in [1.82, 2.24) is 4.90 Å². The van der Waals surface area contributed by atoms with Crippen molar-refractivity contribution in [3.63, 3.8) is 0 Å². The Kier molecular flexibility index (Phi) is 4.66. The molecule has 3 atom stereocenters. The predicted molar refractivity (Wildman–Crippen MR) is 99.4 cm³/mol. The summed E-state index contributed by atoms with van der Waals surface area (Å²) in [6.45, 7) is 1.25. The van der Waals surface area contributed by atoms with Gasteiger partial charge in [0.25, 0.3) is 0 Å². The molecule has 2 aliphatic carbocycles. The molecule has 1 aromatic carbocycles. The molecule has 4 heteroatoms. The highest BCUT2D eigenvalue weighted by Gasteiger charge is 2.53. The maximum atomic E-state index is 5.59. The molecule has 1 aliphatic heterocycles. The molecule has 4 rings (SSSR count). The first-order valence-corrected chi connectivity index (χ1v) is 9.02. The fraction of sp³-hybridized carbons (Fsp3) is 0.667. The maximum absolute atomic E-state index is 5.59. The van der Waals surface area contributed by atoms with Gasteiger partial charge in [-0.05, 0) is 84.4 Å². The topological polar surface area (TPSA) is 12.5 Å². The zero-order valence-electron chi connectivity index (χ0n) is 13.4. The molecule has 1 aromatic rings. The number of fused-ring (bicyclic) bond motifs is 1. The van der Waals surface area contributed by atoms with E-state index in [1.54, 1.807) is 18.2 Å². The Morgan fingerprint density at radius 1 is 1.27 bits per heavy atom. The second-order valence-corrected chi connectivity index (χ2v) is 8.01. The smallest absolute Gasteiger partial charge is 0.133 e. The van der Waals surface area contributed by atoms with Crippen LogP contribution >= 0.6 is 32.9 Å². The Morgan fingerprint density at radius 3 is 2.86 bits per heavy atom. The number of methoxy groups -OCH3 is 1. The van der Waals surface area contributed by atoms with Crippen LogP contribution in [0.15, 0.2) is 16.6 Å². The Hall–Kier alpha value is -0.0600. The first kappa shape index (κ1) is 16.8. The van der Waals surface area contributed by atoms with E-state index in [4.69, 9.17) is 4.74 Å². The molecule has 3 aliphatic rings. The fourth-order valence-electron chi connectivity index (χ4n) is 5.36. The minimum atomic E-state index is 0. The van der Waals surface area contributed by atoms with Gasteiger partial charge in [0.05, 0.1) is 11.6 Å². The van der Waals surface area contributed by atoms with Crippen LogP contribution in [-0.4, -0.2) is 31.6 Å². The van der Waals surface area contributed by atoms with Crippen molar-refractivity contribution in [2.24, 2.45) is 5.92 Å². The number of benzene rings is 1. The highest BCUT2D eigenvalue weighted by molar-refractivity contribution is 9.10. The minimum absolute atomic E-state index is 0. The summed E-state index contributed by atoms with van der Waals surface area (Å²) in [5.41, 5.74) is 3.59. The summed E-state index contributed by atoms with van der Waals surface area (Å²) in [4.78, 5) is 2.62.